The highest BCUT2D eigenvalue weighted by Crippen LogP contribution is 2.21. The van der Waals surface area contributed by atoms with Crippen LogP contribution >= 0.6 is 11.6 Å². The first kappa shape index (κ1) is 31.1. The maximum atomic E-state index is 13.3. The van der Waals surface area contributed by atoms with Crippen LogP contribution in [0, 0.1) is 0 Å². The summed E-state index contributed by atoms with van der Waals surface area (Å²) in [5.74, 6) is -2.67. The number of nitrogens with zero attached hydrogens (tertiary/aromatic N) is 3. The number of alkyl halides is 3. The van der Waals surface area contributed by atoms with Gasteiger partial charge in [-0.05, 0) is 49.6 Å². The summed E-state index contributed by atoms with van der Waals surface area (Å²) in [4.78, 5) is 36.5. The van der Waals surface area contributed by atoms with Crippen LogP contribution in [0.25, 0.3) is 10.8 Å². The van der Waals surface area contributed by atoms with E-state index in [1.54, 1.807) is 4.68 Å². The van der Waals surface area contributed by atoms with Gasteiger partial charge in [-0.15, -0.1) is 0 Å². The van der Waals surface area contributed by atoms with Crippen molar-refractivity contribution in [3.05, 3.63) is 75.2 Å². The Labute approximate surface area is 234 Å². The highest BCUT2D eigenvalue weighted by molar-refractivity contribution is 6.30. The molecule has 40 heavy (non-hydrogen) atoms. The first-order valence-electron chi connectivity index (χ1n) is 13.0. The number of likely N-dealkylation sites (tertiary alicyclic amines) is 1. The molecule has 0 bridgehead atoms. The highest BCUT2D eigenvalue weighted by atomic mass is 35.5. The summed E-state index contributed by atoms with van der Waals surface area (Å²) in [6.07, 6.45) is -0.958. The van der Waals surface area contributed by atoms with Crippen LogP contribution in [0.1, 0.15) is 43.9 Å². The first-order valence-corrected chi connectivity index (χ1v) is 13.4. The zero-order valence-electron chi connectivity index (χ0n) is 22.1. The van der Waals surface area contributed by atoms with Crippen molar-refractivity contribution in [3.63, 3.8) is 0 Å². The number of rotatable bonds is 9. The largest absolute Gasteiger partial charge is 0.490 e. The fraction of sp³-hybridized carbons (Fsp3) is 0.429. The lowest BCUT2D eigenvalue weighted by atomic mass is 10.0. The van der Waals surface area contributed by atoms with Crippen LogP contribution in [0.2, 0.25) is 5.02 Å². The fourth-order valence-corrected chi connectivity index (χ4v) is 4.68. The summed E-state index contributed by atoms with van der Waals surface area (Å²) in [7, 11) is 0. The number of carbonyl (C=O) groups excluding carboxylic acids is 1. The molecule has 4 rings (SSSR count). The van der Waals surface area contributed by atoms with Crippen molar-refractivity contribution in [1.29, 1.82) is 0 Å². The Morgan fingerprint density at radius 3 is 2.40 bits per heavy atom. The molecule has 0 aliphatic carbocycles. The number of hydrogen-bond acceptors (Lipinski definition) is 5. The van der Waals surface area contributed by atoms with Crippen molar-refractivity contribution >= 4 is 34.2 Å². The van der Waals surface area contributed by atoms with Gasteiger partial charge in [-0.25, -0.2) is 9.48 Å². The van der Waals surface area contributed by atoms with Crippen LogP contribution < -0.4 is 10.9 Å². The van der Waals surface area contributed by atoms with E-state index in [0.717, 1.165) is 49.0 Å². The Morgan fingerprint density at radius 2 is 1.77 bits per heavy atom. The molecular weight excluding hydrogens is 549 g/mol. The third-order valence-electron chi connectivity index (χ3n) is 6.55. The lowest BCUT2D eigenvalue weighted by molar-refractivity contribution is -0.192. The summed E-state index contributed by atoms with van der Waals surface area (Å²) in [5.41, 5.74) is 1.93. The van der Waals surface area contributed by atoms with Gasteiger partial charge in [0, 0.05) is 42.4 Å². The predicted octanol–water partition coefficient (Wildman–Crippen LogP) is 4.65. The number of carboxylic acids is 1. The van der Waals surface area contributed by atoms with E-state index in [2.05, 4.69) is 10.2 Å². The quantitative estimate of drug-likeness (QED) is 0.382. The Morgan fingerprint density at radius 1 is 1.12 bits per heavy atom. The summed E-state index contributed by atoms with van der Waals surface area (Å²) >= 11 is 6.04. The molecule has 216 valence electrons. The summed E-state index contributed by atoms with van der Waals surface area (Å²) in [6.45, 7) is 4.96. The van der Waals surface area contributed by atoms with Crippen LogP contribution in [-0.4, -0.2) is 63.5 Å². The van der Waals surface area contributed by atoms with E-state index in [1.807, 2.05) is 55.5 Å². The van der Waals surface area contributed by atoms with E-state index in [-0.39, 0.29) is 17.5 Å². The third-order valence-corrected chi connectivity index (χ3v) is 6.80. The lowest BCUT2D eigenvalue weighted by Crippen LogP contribution is -2.39. The number of halogens is 4. The van der Waals surface area contributed by atoms with Gasteiger partial charge in [-0.1, -0.05) is 48.9 Å². The second-order valence-corrected chi connectivity index (χ2v) is 9.95. The molecule has 0 spiro atoms. The average Bonchev–Trinajstić information content (AvgIpc) is 3.36. The highest BCUT2D eigenvalue weighted by Gasteiger charge is 2.38. The molecule has 1 saturated heterocycles. The standard InChI is InChI=1S/C26H31ClN4O2.C2HF3O2/c1-2-14-28-25(32)13-16-30-15-5-6-21(30)18-31-26(33)23-8-4-3-7-22(23)24(29-31)17-19-9-11-20(27)12-10-19;3-2(4,5)1(6)7/h3-4,7-12,21H,2,5-6,13-18H2,1H3,(H,28,32);(H,6,7)/t21-;/m1./s1. The van der Waals surface area contributed by atoms with Gasteiger partial charge in [0.25, 0.3) is 5.56 Å². The molecule has 2 heterocycles. The Bertz CT molecular complexity index is 1360. The molecule has 1 amide bonds. The van der Waals surface area contributed by atoms with E-state index in [1.165, 1.54) is 0 Å². The number of benzene rings is 2. The molecule has 2 N–H and O–H groups in total. The minimum absolute atomic E-state index is 0.0574. The number of hydrogen-bond donors (Lipinski definition) is 2. The number of aliphatic carboxylic acids is 1. The monoisotopic (exact) mass is 580 g/mol. The van der Waals surface area contributed by atoms with Crippen molar-refractivity contribution in [2.45, 2.75) is 57.8 Å². The van der Waals surface area contributed by atoms with Crippen molar-refractivity contribution in [2.24, 2.45) is 0 Å². The van der Waals surface area contributed by atoms with Crippen LogP contribution in [0.3, 0.4) is 0 Å². The summed E-state index contributed by atoms with van der Waals surface area (Å²) in [5, 5.41) is 17.2. The minimum Gasteiger partial charge on any atom is -0.475 e. The molecule has 2 aromatic carbocycles. The molecule has 1 fully saturated rings. The third kappa shape index (κ3) is 8.79. The van der Waals surface area contributed by atoms with E-state index < -0.39 is 12.1 Å². The Balaban J connectivity index is 0.000000559. The van der Waals surface area contributed by atoms with Gasteiger partial charge in [-0.3, -0.25) is 14.5 Å². The maximum Gasteiger partial charge on any atom is 0.490 e. The molecule has 1 aliphatic heterocycles. The van der Waals surface area contributed by atoms with Crippen molar-refractivity contribution in [2.75, 3.05) is 19.6 Å². The second kappa shape index (κ2) is 14.3. The second-order valence-electron chi connectivity index (χ2n) is 9.52. The zero-order valence-corrected chi connectivity index (χ0v) is 22.8. The molecule has 0 radical (unpaired) electrons. The fourth-order valence-electron chi connectivity index (χ4n) is 4.55. The van der Waals surface area contributed by atoms with Crippen LogP contribution in [0.4, 0.5) is 13.2 Å². The zero-order chi connectivity index (χ0) is 29.3. The van der Waals surface area contributed by atoms with Gasteiger partial charge in [0.2, 0.25) is 5.91 Å². The smallest absolute Gasteiger partial charge is 0.475 e. The minimum atomic E-state index is -5.08. The lowest BCUT2D eigenvalue weighted by Gasteiger charge is -2.25. The number of amides is 1. The van der Waals surface area contributed by atoms with E-state index >= 15 is 0 Å². The molecule has 1 atom stereocenters. The van der Waals surface area contributed by atoms with Gasteiger partial charge in [-0.2, -0.15) is 18.3 Å². The summed E-state index contributed by atoms with van der Waals surface area (Å²) in [6, 6.07) is 15.6. The number of aromatic nitrogens is 2. The van der Waals surface area contributed by atoms with Gasteiger partial charge in [0.05, 0.1) is 17.6 Å². The molecule has 0 saturated carbocycles. The van der Waals surface area contributed by atoms with E-state index in [4.69, 9.17) is 26.6 Å². The predicted molar refractivity (Wildman–Crippen MR) is 146 cm³/mol. The average molecular weight is 581 g/mol. The SMILES string of the molecule is CCCNC(=O)CCN1CCC[C@@H]1Cn1nc(Cc2ccc(Cl)cc2)c2ccccc2c1=O.O=C(O)C(F)(F)F. The van der Waals surface area contributed by atoms with Crippen LogP contribution in [-0.2, 0) is 22.6 Å². The van der Waals surface area contributed by atoms with Gasteiger partial charge in [0.1, 0.15) is 0 Å². The molecule has 1 aromatic heterocycles. The van der Waals surface area contributed by atoms with Crippen molar-refractivity contribution < 1.29 is 27.9 Å². The van der Waals surface area contributed by atoms with Crippen LogP contribution in [0.15, 0.2) is 53.3 Å². The molecule has 12 heteroatoms. The molecular formula is C28H32ClF3N4O4. The maximum absolute atomic E-state index is 13.3. The van der Waals surface area contributed by atoms with Gasteiger partial charge in [0.15, 0.2) is 0 Å². The number of nitrogens with one attached hydrogen (secondary N) is 1. The van der Waals surface area contributed by atoms with Crippen molar-refractivity contribution in [1.82, 2.24) is 20.0 Å². The molecule has 0 unspecified atom stereocenters. The summed E-state index contributed by atoms with van der Waals surface area (Å²) < 4.78 is 33.4. The first-order chi connectivity index (χ1) is 19.0. The molecule has 8 nitrogen and oxygen atoms in total. The number of fused-ring (bicyclic) bond motifs is 1. The Kier molecular flexibility index (Phi) is 11.1. The van der Waals surface area contributed by atoms with E-state index in [9.17, 15) is 22.8 Å². The Hall–Kier alpha value is -3.44. The molecule has 1 aliphatic rings. The normalized spacial score (nSPS) is 15.5. The van der Waals surface area contributed by atoms with Gasteiger partial charge >= 0.3 is 12.1 Å². The molecule has 3 aromatic rings. The number of carboxylic acid groups (broad SMARTS) is 1. The number of carbonyl (C=O) groups is 2. The van der Waals surface area contributed by atoms with Crippen LogP contribution in [0.5, 0.6) is 0 Å². The van der Waals surface area contributed by atoms with Gasteiger partial charge < -0.3 is 10.4 Å². The van der Waals surface area contributed by atoms with E-state index in [0.29, 0.717) is 36.3 Å². The topological polar surface area (TPSA) is 105 Å². The van der Waals surface area contributed by atoms with Crippen molar-refractivity contribution in [3.8, 4) is 0 Å².